The molecular formula is C15H18FN3. The zero-order chi connectivity index (χ0) is 13.7. The molecule has 0 aliphatic carbocycles. The lowest BCUT2D eigenvalue weighted by Crippen LogP contribution is -2.08. The molecule has 1 N–H and O–H groups in total. The highest BCUT2D eigenvalue weighted by Gasteiger charge is 2.09. The number of hydrogen-bond acceptors (Lipinski definition) is 3. The van der Waals surface area contributed by atoms with E-state index in [9.17, 15) is 4.39 Å². The van der Waals surface area contributed by atoms with Gasteiger partial charge in [0.2, 0.25) is 0 Å². The molecule has 1 aromatic heterocycles. The summed E-state index contributed by atoms with van der Waals surface area (Å²) in [5.41, 5.74) is 2.88. The lowest BCUT2D eigenvalue weighted by Gasteiger charge is -2.11. The predicted molar refractivity (Wildman–Crippen MR) is 74.5 cm³/mol. The molecule has 0 bridgehead atoms. The number of benzene rings is 1. The Morgan fingerprint density at radius 2 is 1.79 bits per heavy atom. The van der Waals surface area contributed by atoms with Crippen LogP contribution in [-0.2, 0) is 19.4 Å². The molecule has 0 amide bonds. The van der Waals surface area contributed by atoms with Gasteiger partial charge in [-0.3, -0.25) is 0 Å². The second-order valence-corrected chi connectivity index (χ2v) is 4.31. The fourth-order valence-electron chi connectivity index (χ4n) is 2.03. The lowest BCUT2D eigenvalue weighted by atomic mass is 10.1. The van der Waals surface area contributed by atoms with Crippen LogP contribution < -0.4 is 5.32 Å². The first-order valence-electron chi connectivity index (χ1n) is 6.56. The first kappa shape index (κ1) is 13.5. The molecule has 2 rings (SSSR count). The summed E-state index contributed by atoms with van der Waals surface area (Å²) in [5.74, 6) is -0.0725. The highest BCUT2D eigenvalue weighted by atomic mass is 19.1. The molecule has 0 radical (unpaired) electrons. The summed E-state index contributed by atoms with van der Waals surface area (Å²) in [4.78, 5) is 7.88. The van der Waals surface area contributed by atoms with Crippen molar-refractivity contribution in [3.05, 3.63) is 53.2 Å². The van der Waals surface area contributed by atoms with Gasteiger partial charge in [0.15, 0.2) is 11.6 Å². The van der Waals surface area contributed by atoms with Crippen LogP contribution in [-0.4, -0.2) is 9.97 Å². The molecule has 0 unspecified atom stereocenters. The Bertz CT molecular complexity index is 555. The Kier molecular flexibility index (Phi) is 4.44. The Morgan fingerprint density at radius 3 is 2.47 bits per heavy atom. The van der Waals surface area contributed by atoms with Crippen molar-refractivity contribution in [2.24, 2.45) is 0 Å². The molecule has 1 heterocycles. The number of anilines is 1. The van der Waals surface area contributed by atoms with Crippen molar-refractivity contribution >= 4 is 5.82 Å². The Balaban J connectivity index is 2.15. The molecule has 1 aromatic carbocycles. The van der Waals surface area contributed by atoms with Gasteiger partial charge in [-0.15, -0.1) is 0 Å². The Hall–Kier alpha value is -1.97. The van der Waals surface area contributed by atoms with E-state index in [0.29, 0.717) is 18.7 Å². The third-order valence-electron chi connectivity index (χ3n) is 3.14. The van der Waals surface area contributed by atoms with Crippen molar-refractivity contribution in [1.82, 2.24) is 9.97 Å². The van der Waals surface area contributed by atoms with Crippen molar-refractivity contribution in [3.8, 4) is 0 Å². The Morgan fingerprint density at radius 1 is 1.05 bits per heavy atom. The van der Waals surface area contributed by atoms with Crippen molar-refractivity contribution in [3.63, 3.8) is 0 Å². The quantitative estimate of drug-likeness (QED) is 0.894. The van der Waals surface area contributed by atoms with E-state index >= 15 is 0 Å². The number of halogens is 1. The molecule has 0 saturated heterocycles. The molecule has 0 atom stereocenters. The first-order valence-corrected chi connectivity index (χ1v) is 6.56. The van der Waals surface area contributed by atoms with Gasteiger partial charge in [0.05, 0.1) is 5.69 Å². The average molecular weight is 259 g/mol. The summed E-state index contributed by atoms with van der Waals surface area (Å²) in [6, 6.07) is 8.14. The van der Waals surface area contributed by atoms with Crippen LogP contribution in [0.5, 0.6) is 0 Å². The van der Waals surface area contributed by atoms with Crippen LogP contribution in [0.2, 0.25) is 0 Å². The van der Waals surface area contributed by atoms with Crippen molar-refractivity contribution in [2.45, 2.75) is 33.2 Å². The SMILES string of the molecule is CCc1ccccc1CNc1ncnc(CC)c1F. The van der Waals surface area contributed by atoms with Crippen molar-refractivity contribution < 1.29 is 4.39 Å². The standard InChI is InChI=1S/C15H18FN3/c1-3-11-7-5-6-8-12(11)9-17-15-14(16)13(4-2)18-10-19-15/h5-8,10H,3-4,9H2,1-2H3,(H,17,18,19). The van der Waals surface area contributed by atoms with Gasteiger partial charge in [-0.1, -0.05) is 38.1 Å². The summed E-state index contributed by atoms with van der Waals surface area (Å²) in [5, 5.41) is 3.05. The molecule has 0 aliphatic heterocycles. The summed E-state index contributed by atoms with van der Waals surface area (Å²) < 4.78 is 14.0. The molecule has 19 heavy (non-hydrogen) atoms. The van der Waals surface area contributed by atoms with Crippen LogP contribution in [0.4, 0.5) is 10.2 Å². The minimum atomic E-state index is -0.348. The van der Waals surface area contributed by atoms with Crippen molar-refractivity contribution in [2.75, 3.05) is 5.32 Å². The van der Waals surface area contributed by atoms with Gasteiger partial charge in [-0.2, -0.15) is 0 Å². The fourth-order valence-corrected chi connectivity index (χ4v) is 2.03. The molecule has 4 heteroatoms. The van der Waals surface area contributed by atoms with Gasteiger partial charge in [0.25, 0.3) is 0 Å². The van der Waals surface area contributed by atoms with E-state index in [1.165, 1.54) is 17.5 Å². The highest BCUT2D eigenvalue weighted by Crippen LogP contribution is 2.16. The number of nitrogens with one attached hydrogen (secondary N) is 1. The van der Waals surface area contributed by atoms with E-state index < -0.39 is 0 Å². The maximum Gasteiger partial charge on any atom is 0.186 e. The summed E-state index contributed by atoms with van der Waals surface area (Å²) in [6.07, 6.45) is 2.93. The molecule has 0 fully saturated rings. The number of rotatable bonds is 5. The molecule has 100 valence electrons. The normalized spacial score (nSPS) is 10.5. The minimum Gasteiger partial charge on any atom is -0.363 e. The summed E-state index contributed by atoms with van der Waals surface area (Å²) in [7, 11) is 0. The van der Waals surface area contributed by atoms with Gasteiger partial charge in [-0.05, 0) is 24.0 Å². The number of aryl methyl sites for hydroxylation is 2. The Labute approximate surface area is 112 Å². The molecule has 0 spiro atoms. The number of nitrogens with zero attached hydrogens (tertiary/aromatic N) is 2. The average Bonchev–Trinajstić information content (AvgIpc) is 2.46. The molecular weight excluding hydrogens is 241 g/mol. The fraction of sp³-hybridized carbons (Fsp3) is 0.333. The van der Waals surface area contributed by atoms with Gasteiger partial charge >= 0.3 is 0 Å². The number of aromatic nitrogens is 2. The van der Waals surface area contributed by atoms with Crippen LogP contribution >= 0.6 is 0 Å². The monoisotopic (exact) mass is 259 g/mol. The second kappa shape index (κ2) is 6.27. The topological polar surface area (TPSA) is 37.8 Å². The van der Waals surface area contributed by atoms with Crippen LogP contribution in [0.25, 0.3) is 0 Å². The van der Waals surface area contributed by atoms with Crippen LogP contribution in [0.15, 0.2) is 30.6 Å². The minimum absolute atomic E-state index is 0.276. The first-order chi connectivity index (χ1) is 9.26. The van der Waals surface area contributed by atoms with Gasteiger partial charge < -0.3 is 5.32 Å². The van der Waals surface area contributed by atoms with Crippen LogP contribution in [0.1, 0.15) is 30.7 Å². The zero-order valence-electron chi connectivity index (χ0n) is 11.3. The lowest BCUT2D eigenvalue weighted by molar-refractivity contribution is 0.596. The van der Waals surface area contributed by atoms with Gasteiger partial charge in [0.1, 0.15) is 6.33 Å². The maximum absolute atomic E-state index is 14.0. The van der Waals surface area contributed by atoms with Gasteiger partial charge in [-0.25, -0.2) is 14.4 Å². The number of hydrogen-bond donors (Lipinski definition) is 1. The highest BCUT2D eigenvalue weighted by molar-refractivity contribution is 5.39. The van der Waals surface area contributed by atoms with E-state index in [4.69, 9.17) is 0 Å². The summed E-state index contributed by atoms with van der Waals surface area (Å²) >= 11 is 0. The van der Waals surface area contributed by atoms with E-state index in [1.54, 1.807) is 0 Å². The van der Waals surface area contributed by atoms with E-state index in [-0.39, 0.29) is 11.6 Å². The molecule has 2 aromatic rings. The largest absolute Gasteiger partial charge is 0.363 e. The van der Waals surface area contributed by atoms with Crippen LogP contribution in [0.3, 0.4) is 0 Å². The second-order valence-electron chi connectivity index (χ2n) is 4.31. The smallest absolute Gasteiger partial charge is 0.186 e. The van der Waals surface area contributed by atoms with E-state index in [1.807, 2.05) is 25.1 Å². The predicted octanol–water partition coefficient (Wildman–Crippen LogP) is 3.35. The zero-order valence-corrected chi connectivity index (χ0v) is 11.3. The van der Waals surface area contributed by atoms with E-state index in [2.05, 4.69) is 28.3 Å². The van der Waals surface area contributed by atoms with Gasteiger partial charge in [0, 0.05) is 6.54 Å². The summed E-state index contributed by atoms with van der Waals surface area (Å²) in [6.45, 7) is 4.56. The third-order valence-corrected chi connectivity index (χ3v) is 3.14. The maximum atomic E-state index is 14.0. The van der Waals surface area contributed by atoms with Crippen LogP contribution in [0, 0.1) is 5.82 Å². The molecule has 3 nitrogen and oxygen atoms in total. The molecule has 0 aliphatic rings. The molecule has 0 saturated carbocycles. The van der Waals surface area contributed by atoms with Crippen molar-refractivity contribution in [1.29, 1.82) is 0 Å². The van der Waals surface area contributed by atoms with E-state index in [0.717, 1.165) is 6.42 Å². The third kappa shape index (κ3) is 3.08.